The van der Waals surface area contributed by atoms with Crippen molar-refractivity contribution in [2.75, 3.05) is 27.2 Å². The summed E-state index contributed by atoms with van der Waals surface area (Å²) in [5.74, 6) is 0. The minimum atomic E-state index is 0.748. The lowest BCUT2D eigenvalue weighted by atomic mass is 10.0. The van der Waals surface area contributed by atoms with Gasteiger partial charge in [0.05, 0.1) is 15.9 Å². The number of nitrogens with zero attached hydrogens (tertiary/aromatic N) is 4. The van der Waals surface area contributed by atoms with Crippen molar-refractivity contribution in [3.8, 4) is 0 Å². The molecule has 0 atom stereocenters. The summed E-state index contributed by atoms with van der Waals surface area (Å²) in [5, 5.41) is 4.45. The molecule has 1 aliphatic heterocycles. The SMILES string of the molecule is Cc1nn(C)c(CN2CCC(N(C)C)CC2)c1Br. The Bertz CT molecular complexity index is 405. The molecule has 0 aromatic carbocycles. The topological polar surface area (TPSA) is 24.3 Å². The lowest BCUT2D eigenvalue weighted by molar-refractivity contribution is 0.137. The van der Waals surface area contributed by atoms with E-state index in [2.05, 4.69) is 44.9 Å². The molecule has 102 valence electrons. The molecule has 1 aromatic rings. The Morgan fingerprint density at radius 1 is 1.33 bits per heavy atom. The van der Waals surface area contributed by atoms with Crippen LogP contribution in [0.3, 0.4) is 0 Å². The van der Waals surface area contributed by atoms with Gasteiger partial charge in [-0.1, -0.05) is 0 Å². The van der Waals surface area contributed by atoms with Gasteiger partial charge in [-0.05, 0) is 49.8 Å². The Balaban J connectivity index is 1.95. The summed E-state index contributed by atoms with van der Waals surface area (Å²) in [4.78, 5) is 4.88. The Labute approximate surface area is 118 Å². The third-order valence-electron chi connectivity index (χ3n) is 3.92. The van der Waals surface area contributed by atoms with Gasteiger partial charge in [-0.3, -0.25) is 9.58 Å². The second-order valence-corrected chi connectivity index (χ2v) is 6.23. The van der Waals surface area contributed by atoms with E-state index in [-0.39, 0.29) is 0 Å². The van der Waals surface area contributed by atoms with Crippen LogP contribution in [0.5, 0.6) is 0 Å². The standard InChI is InChI=1S/C13H23BrN4/c1-10-13(14)12(17(4)15-10)9-18-7-5-11(6-8-18)16(2)3/h11H,5-9H2,1-4H3. The smallest absolute Gasteiger partial charge is 0.0739 e. The largest absolute Gasteiger partial charge is 0.306 e. The van der Waals surface area contributed by atoms with E-state index in [1.165, 1.54) is 36.1 Å². The van der Waals surface area contributed by atoms with Gasteiger partial charge in [0, 0.05) is 32.7 Å². The number of aryl methyl sites for hydroxylation is 2. The van der Waals surface area contributed by atoms with E-state index in [0.29, 0.717) is 0 Å². The average Bonchev–Trinajstić information content (AvgIpc) is 2.57. The fraction of sp³-hybridized carbons (Fsp3) is 0.769. The van der Waals surface area contributed by atoms with Crippen LogP contribution in [0.15, 0.2) is 4.47 Å². The average molecular weight is 315 g/mol. The first kappa shape index (κ1) is 14.0. The van der Waals surface area contributed by atoms with Gasteiger partial charge in [0.2, 0.25) is 0 Å². The Hall–Kier alpha value is -0.390. The first-order chi connectivity index (χ1) is 8.49. The van der Waals surface area contributed by atoms with E-state index in [4.69, 9.17) is 0 Å². The molecule has 0 radical (unpaired) electrons. The first-order valence-corrected chi connectivity index (χ1v) is 7.35. The zero-order valence-electron chi connectivity index (χ0n) is 11.8. The second-order valence-electron chi connectivity index (χ2n) is 5.44. The summed E-state index contributed by atoms with van der Waals surface area (Å²) >= 11 is 3.64. The predicted octanol–water partition coefficient (Wildman–Crippen LogP) is 2.02. The van der Waals surface area contributed by atoms with Gasteiger partial charge in [-0.2, -0.15) is 5.10 Å². The lowest BCUT2D eigenvalue weighted by Gasteiger charge is -2.35. The minimum absolute atomic E-state index is 0.748. The molecule has 0 saturated carbocycles. The normalized spacial score (nSPS) is 18.8. The van der Waals surface area contributed by atoms with Crippen LogP contribution in [-0.4, -0.2) is 52.8 Å². The van der Waals surface area contributed by atoms with Crippen LogP contribution in [0.1, 0.15) is 24.2 Å². The molecule has 4 nitrogen and oxygen atoms in total. The van der Waals surface area contributed by atoms with Crippen molar-refractivity contribution in [1.82, 2.24) is 19.6 Å². The van der Waals surface area contributed by atoms with Crippen LogP contribution >= 0.6 is 15.9 Å². The number of piperidine rings is 1. The highest BCUT2D eigenvalue weighted by atomic mass is 79.9. The Morgan fingerprint density at radius 2 is 1.94 bits per heavy atom. The van der Waals surface area contributed by atoms with E-state index in [1.807, 2.05) is 18.7 Å². The molecule has 18 heavy (non-hydrogen) atoms. The van der Waals surface area contributed by atoms with Gasteiger partial charge in [-0.25, -0.2) is 0 Å². The predicted molar refractivity (Wildman–Crippen MR) is 77.6 cm³/mol. The van der Waals surface area contributed by atoms with E-state index in [0.717, 1.165) is 18.3 Å². The second kappa shape index (κ2) is 5.72. The van der Waals surface area contributed by atoms with E-state index in [9.17, 15) is 0 Å². The number of likely N-dealkylation sites (tertiary alicyclic amines) is 1. The molecule has 2 heterocycles. The Morgan fingerprint density at radius 3 is 2.39 bits per heavy atom. The van der Waals surface area contributed by atoms with Crippen molar-refractivity contribution in [3.63, 3.8) is 0 Å². The summed E-state index contributed by atoms with van der Waals surface area (Å²) < 4.78 is 3.16. The molecule has 0 spiro atoms. The van der Waals surface area contributed by atoms with Crippen LogP contribution in [0.25, 0.3) is 0 Å². The Kier molecular flexibility index (Phi) is 4.45. The van der Waals surface area contributed by atoms with Gasteiger partial charge in [0.25, 0.3) is 0 Å². The number of aromatic nitrogens is 2. The number of hydrogen-bond donors (Lipinski definition) is 0. The zero-order chi connectivity index (χ0) is 13.3. The summed E-state index contributed by atoms with van der Waals surface area (Å²) in [6.45, 7) is 5.41. The maximum atomic E-state index is 4.45. The van der Waals surface area contributed by atoms with Crippen molar-refractivity contribution in [2.45, 2.75) is 32.4 Å². The fourth-order valence-corrected chi connectivity index (χ4v) is 3.12. The van der Waals surface area contributed by atoms with Gasteiger partial charge < -0.3 is 4.90 Å². The summed E-state index contributed by atoms with van der Waals surface area (Å²) in [5.41, 5.74) is 2.37. The van der Waals surface area contributed by atoms with Gasteiger partial charge in [0.1, 0.15) is 0 Å². The quantitative estimate of drug-likeness (QED) is 0.853. The van der Waals surface area contributed by atoms with Crippen LogP contribution < -0.4 is 0 Å². The molecular formula is C13H23BrN4. The number of hydrogen-bond acceptors (Lipinski definition) is 3. The molecule has 0 amide bonds. The third-order valence-corrected chi connectivity index (χ3v) is 4.95. The van der Waals surface area contributed by atoms with Gasteiger partial charge in [0.15, 0.2) is 0 Å². The van der Waals surface area contributed by atoms with Crippen molar-refractivity contribution in [2.24, 2.45) is 7.05 Å². The number of halogens is 1. The van der Waals surface area contributed by atoms with E-state index < -0.39 is 0 Å². The first-order valence-electron chi connectivity index (χ1n) is 6.55. The molecule has 2 rings (SSSR count). The molecule has 0 unspecified atom stereocenters. The van der Waals surface area contributed by atoms with Crippen LogP contribution in [-0.2, 0) is 13.6 Å². The van der Waals surface area contributed by atoms with Crippen molar-refractivity contribution in [3.05, 3.63) is 15.9 Å². The number of rotatable bonds is 3. The lowest BCUT2D eigenvalue weighted by Crippen LogP contribution is -2.41. The maximum absolute atomic E-state index is 4.45. The highest BCUT2D eigenvalue weighted by molar-refractivity contribution is 9.10. The highest BCUT2D eigenvalue weighted by Gasteiger charge is 2.22. The maximum Gasteiger partial charge on any atom is 0.0739 e. The molecule has 0 N–H and O–H groups in total. The molecule has 1 saturated heterocycles. The molecule has 1 aromatic heterocycles. The van der Waals surface area contributed by atoms with Gasteiger partial charge in [-0.15, -0.1) is 0 Å². The molecular weight excluding hydrogens is 292 g/mol. The molecule has 1 aliphatic rings. The van der Waals surface area contributed by atoms with E-state index >= 15 is 0 Å². The van der Waals surface area contributed by atoms with E-state index in [1.54, 1.807) is 0 Å². The summed E-state index contributed by atoms with van der Waals surface area (Å²) in [6, 6.07) is 0.748. The molecule has 5 heteroatoms. The molecule has 0 bridgehead atoms. The van der Waals surface area contributed by atoms with Crippen molar-refractivity contribution in [1.29, 1.82) is 0 Å². The van der Waals surface area contributed by atoms with Crippen LogP contribution in [0.2, 0.25) is 0 Å². The summed E-state index contributed by atoms with van der Waals surface area (Å²) in [6.07, 6.45) is 2.53. The van der Waals surface area contributed by atoms with Crippen molar-refractivity contribution >= 4 is 15.9 Å². The van der Waals surface area contributed by atoms with Crippen LogP contribution in [0, 0.1) is 6.92 Å². The third kappa shape index (κ3) is 2.95. The zero-order valence-corrected chi connectivity index (χ0v) is 13.4. The highest BCUT2D eigenvalue weighted by Crippen LogP contribution is 2.23. The minimum Gasteiger partial charge on any atom is -0.306 e. The van der Waals surface area contributed by atoms with Gasteiger partial charge >= 0.3 is 0 Å². The monoisotopic (exact) mass is 314 g/mol. The summed E-state index contributed by atoms with van der Waals surface area (Å²) in [7, 11) is 6.39. The van der Waals surface area contributed by atoms with Crippen molar-refractivity contribution < 1.29 is 0 Å². The fourth-order valence-electron chi connectivity index (χ4n) is 2.66. The molecule has 0 aliphatic carbocycles. The molecule has 1 fully saturated rings. The van der Waals surface area contributed by atoms with Crippen LogP contribution in [0.4, 0.5) is 0 Å².